The van der Waals surface area contributed by atoms with Crippen LogP contribution in [-0.4, -0.2) is 34.9 Å². The molecule has 1 aliphatic carbocycles. The van der Waals surface area contributed by atoms with Crippen LogP contribution in [0.25, 0.3) is 0 Å². The topological polar surface area (TPSA) is 66.6 Å². The third kappa shape index (κ3) is 5.66. The average Bonchev–Trinajstić information content (AvgIpc) is 3.21. The van der Waals surface area contributed by atoms with Crippen LogP contribution in [0.5, 0.6) is 0 Å². The van der Waals surface area contributed by atoms with Crippen molar-refractivity contribution in [1.29, 1.82) is 0 Å². The molecule has 0 saturated carbocycles. The largest absolute Gasteiger partial charge is 0.443 e. The van der Waals surface area contributed by atoms with Gasteiger partial charge in [-0.3, -0.25) is 4.99 Å². The third-order valence-electron chi connectivity index (χ3n) is 4.53. The lowest BCUT2D eigenvalue weighted by atomic mass is 9.94. The Morgan fingerprint density at radius 1 is 1.33 bits per heavy atom. The van der Waals surface area contributed by atoms with Crippen LogP contribution in [0.3, 0.4) is 0 Å². The summed E-state index contributed by atoms with van der Waals surface area (Å²) in [4.78, 5) is 17.1. The van der Waals surface area contributed by atoms with Crippen LogP contribution in [0.2, 0.25) is 0 Å². The summed E-state index contributed by atoms with van der Waals surface area (Å²) in [6.07, 6.45) is 6.68. The molecule has 1 N–H and O–H groups in total. The van der Waals surface area contributed by atoms with Crippen molar-refractivity contribution >= 4 is 41.3 Å². The summed E-state index contributed by atoms with van der Waals surface area (Å²) in [6, 6.07) is 0. The Morgan fingerprint density at radius 2 is 2.07 bits per heavy atom. The van der Waals surface area contributed by atoms with E-state index in [0.717, 1.165) is 29.7 Å². The van der Waals surface area contributed by atoms with Crippen molar-refractivity contribution in [2.75, 3.05) is 14.1 Å². The van der Waals surface area contributed by atoms with E-state index in [0.29, 0.717) is 12.4 Å². The van der Waals surface area contributed by atoms with Crippen LogP contribution in [0.1, 0.15) is 60.8 Å². The van der Waals surface area contributed by atoms with Crippen molar-refractivity contribution in [3.8, 4) is 0 Å². The van der Waals surface area contributed by atoms with E-state index in [1.807, 2.05) is 24.6 Å². The van der Waals surface area contributed by atoms with E-state index in [-0.39, 0.29) is 29.4 Å². The van der Waals surface area contributed by atoms with Gasteiger partial charge in [0.15, 0.2) is 5.96 Å². The molecule has 0 spiro atoms. The number of aromatic nitrogens is 2. The number of hydrogen-bond acceptors (Lipinski definition) is 5. The normalized spacial score (nSPS) is 14.5. The molecule has 0 amide bonds. The summed E-state index contributed by atoms with van der Waals surface area (Å²) in [6.45, 7) is 7.62. The molecule has 150 valence electrons. The minimum absolute atomic E-state index is 0. The Kier molecular flexibility index (Phi) is 7.67. The quantitative estimate of drug-likeness (QED) is 0.386. The van der Waals surface area contributed by atoms with E-state index in [1.54, 1.807) is 7.05 Å². The number of oxazole rings is 1. The molecule has 0 atom stereocenters. The van der Waals surface area contributed by atoms with E-state index in [9.17, 15) is 0 Å². The second-order valence-corrected chi connectivity index (χ2v) is 8.98. The van der Waals surface area contributed by atoms with Gasteiger partial charge in [0.05, 0.1) is 25.0 Å². The summed E-state index contributed by atoms with van der Waals surface area (Å²) in [5, 5.41) is 4.49. The fraction of sp³-hybridized carbons (Fsp3) is 0.632. The standard InChI is InChI=1S/C19H29N5OS.HI/c1-19(2,3)15-10-21-16(25-15)11-22-18(20-4)24(5)12-17-23-13-8-6-7-9-14(13)26-17;/h10H,6-9,11-12H2,1-5H3,(H,20,22);1H. The molecule has 1 aliphatic rings. The summed E-state index contributed by atoms with van der Waals surface area (Å²) < 4.78 is 5.84. The number of rotatable bonds is 4. The first-order valence-corrected chi connectivity index (χ1v) is 10.0. The Bertz CT molecular complexity index is 754. The van der Waals surface area contributed by atoms with Gasteiger partial charge in [0.1, 0.15) is 10.8 Å². The zero-order valence-electron chi connectivity index (χ0n) is 16.8. The molecule has 0 aromatic carbocycles. The first-order chi connectivity index (χ1) is 12.4. The number of guanidine groups is 1. The van der Waals surface area contributed by atoms with Crippen LogP contribution in [0.15, 0.2) is 15.6 Å². The minimum atomic E-state index is -0.0341. The zero-order chi connectivity index (χ0) is 18.7. The number of hydrogen-bond donors (Lipinski definition) is 1. The van der Waals surface area contributed by atoms with Gasteiger partial charge < -0.3 is 14.6 Å². The van der Waals surface area contributed by atoms with Gasteiger partial charge in [0.25, 0.3) is 0 Å². The second-order valence-electron chi connectivity index (χ2n) is 7.81. The SMILES string of the molecule is CN=C(NCc1ncc(C(C)(C)C)o1)N(C)Cc1nc2c(s1)CCCC2.I. The van der Waals surface area contributed by atoms with Crippen LogP contribution < -0.4 is 5.32 Å². The highest BCUT2D eigenvalue weighted by Crippen LogP contribution is 2.27. The van der Waals surface area contributed by atoms with E-state index < -0.39 is 0 Å². The predicted octanol–water partition coefficient (Wildman–Crippen LogP) is 4.13. The average molecular weight is 503 g/mol. The maximum Gasteiger partial charge on any atom is 0.213 e. The summed E-state index contributed by atoms with van der Waals surface area (Å²) >= 11 is 1.85. The molecule has 8 heteroatoms. The van der Waals surface area contributed by atoms with Gasteiger partial charge in [0.2, 0.25) is 5.89 Å². The zero-order valence-corrected chi connectivity index (χ0v) is 20.0. The Balaban J connectivity index is 0.00000261. The number of nitrogens with zero attached hydrogens (tertiary/aromatic N) is 4. The summed E-state index contributed by atoms with van der Waals surface area (Å²) in [5.74, 6) is 2.38. The van der Waals surface area contributed by atoms with E-state index in [2.05, 4.69) is 41.0 Å². The number of fused-ring (bicyclic) bond motifs is 1. The highest BCUT2D eigenvalue weighted by molar-refractivity contribution is 14.0. The van der Waals surface area contributed by atoms with Gasteiger partial charge in [-0.1, -0.05) is 20.8 Å². The molecule has 0 unspecified atom stereocenters. The lowest BCUT2D eigenvalue weighted by Gasteiger charge is -2.20. The predicted molar refractivity (Wildman–Crippen MR) is 121 cm³/mol. The molecule has 0 fully saturated rings. The van der Waals surface area contributed by atoms with Gasteiger partial charge in [-0.2, -0.15) is 0 Å². The number of halogens is 1. The van der Waals surface area contributed by atoms with Crippen molar-refractivity contribution in [1.82, 2.24) is 20.2 Å². The van der Waals surface area contributed by atoms with Crippen molar-refractivity contribution in [2.45, 2.75) is 65.0 Å². The van der Waals surface area contributed by atoms with Crippen molar-refractivity contribution in [3.63, 3.8) is 0 Å². The first-order valence-electron chi connectivity index (χ1n) is 9.21. The molecule has 0 aliphatic heterocycles. The molecule has 0 radical (unpaired) electrons. The van der Waals surface area contributed by atoms with Gasteiger partial charge in [-0.05, 0) is 25.7 Å². The summed E-state index contributed by atoms with van der Waals surface area (Å²) in [7, 11) is 3.83. The Hall–Kier alpha value is -1.16. The molecule has 2 aromatic rings. The number of nitrogens with one attached hydrogen (secondary N) is 1. The highest BCUT2D eigenvalue weighted by Gasteiger charge is 2.20. The van der Waals surface area contributed by atoms with Gasteiger partial charge in [0, 0.05) is 24.4 Å². The smallest absolute Gasteiger partial charge is 0.213 e. The van der Waals surface area contributed by atoms with Gasteiger partial charge >= 0.3 is 0 Å². The van der Waals surface area contributed by atoms with E-state index >= 15 is 0 Å². The lowest BCUT2D eigenvalue weighted by molar-refractivity contribution is 0.376. The van der Waals surface area contributed by atoms with Crippen LogP contribution >= 0.6 is 35.3 Å². The summed E-state index contributed by atoms with van der Waals surface area (Å²) in [5.41, 5.74) is 1.27. The van der Waals surface area contributed by atoms with E-state index in [1.165, 1.54) is 29.8 Å². The fourth-order valence-corrected chi connectivity index (χ4v) is 4.24. The molecular formula is C19H30IN5OS. The second kappa shape index (κ2) is 9.36. The van der Waals surface area contributed by atoms with Crippen molar-refractivity contribution in [3.05, 3.63) is 33.4 Å². The molecular weight excluding hydrogens is 473 g/mol. The molecule has 27 heavy (non-hydrogen) atoms. The number of aryl methyl sites for hydroxylation is 2. The molecule has 2 aromatic heterocycles. The van der Waals surface area contributed by atoms with E-state index in [4.69, 9.17) is 9.40 Å². The number of aliphatic imine (C=N–C) groups is 1. The maximum atomic E-state index is 5.84. The maximum absolute atomic E-state index is 5.84. The van der Waals surface area contributed by atoms with Crippen molar-refractivity contribution < 1.29 is 4.42 Å². The van der Waals surface area contributed by atoms with Crippen LogP contribution in [-0.2, 0) is 31.3 Å². The van der Waals surface area contributed by atoms with Crippen molar-refractivity contribution in [2.24, 2.45) is 4.99 Å². The third-order valence-corrected chi connectivity index (χ3v) is 5.67. The molecule has 0 saturated heterocycles. The molecule has 0 bridgehead atoms. The van der Waals surface area contributed by atoms with Crippen LogP contribution in [0, 0.1) is 0 Å². The fourth-order valence-electron chi connectivity index (χ4n) is 3.03. The van der Waals surface area contributed by atoms with Gasteiger partial charge in [-0.15, -0.1) is 35.3 Å². The minimum Gasteiger partial charge on any atom is -0.443 e. The monoisotopic (exact) mass is 503 g/mol. The Labute approximate surface area is 182 Å². The highest BCUT2D eigenvalue weighted by atomic mass is 127. The Morgan fingerprint density at radius 3 is 2.70 bits per heavy atom. The van der Waals surface area contributed by atoms with Gasteiger partial charge in [-0.25, -0.2) is 9.97 Å². The first kappa shape index (κ1) is 22.1. The molecule has 6 nitrogen and oxygen atoms in total. The number of thiazole rings is 1. The lowest BCUT2D eigenvalue weighted by Crippen LogP contribution is -2.38. The molecule has 2 heterocycles. The van der Waals surface area contributed by atoms with Crippen LogP contribution in [0.4, 0.5) is 0 Å². The molecule has 3 rings (SSSR count).